The van der Waals surface area contributed by atoms with Crippen LogP contribution in [0.4, 0.5) is 5.82 Å². The zero-order chi connectivity index (χ0) is 17.5. The highest BCUT2D eigenvalue weighted by Crippen LogP contribution is 2.25. The molecule has 2 aromatic rings. The van der Waals surface area contributed by atoms with Crippen molar-refractivity contribution in [3.63, 3.8) is 0 Å². The van der Waals surface area contributed by atoms with Crippen molar-refractivity contribution in [3.05, 3.63) is 24.2 Å². The lowest BCUT2D eigenvalue weighted by Gasteiger charge is -2.41. The van der Waals surface area contributed by atoms with Gasteiger partial charge < -0.3 is 10.2 Å². The number of nitrogens with zero attached hydrogens (tertiary/aromatic N) is 5. The summed E-state index contributed by atoms with van der Waals surface area (Å²) in [5.74, 6) is 0.912. The van der Waals surface area contributed by atoms with E-state index in [9.17, 15) is 0 Å². The van der Waals surface area contributed by atoms with E-state index in [0.717, 1.165) is 36.7 Å². The molecule has 0 bridgehead atoms. The summed E-state index contributed by atoms with van der Waals surface area (Å²) in [6.45, 7) is 12.1. The van der Waals surface area contributed by atoms with E-state index in [0.29, 0.717) is 12.1 Å². The van der Waals surface area contributed by atoms with Crippen LogP contribution in [0.1, 0.15) is 33.4 Å². The number of fused-ring (bicyclic) bond motifs is 1. The van der Waals surface area contributed by atoms with Crippen LogP contribution >= 0.6 is 0 Å². The van der Waals surface area contributed by atoms with E-state index in [1.165, 1.54) is 0 Å². The molecule has 1 saturated heterocycles. The molecule has 24 heavy (non-hydrogen) atoms. The molecule has 1 aliphatic heterocycles. The highest BCUT2D eigenvalue weighted by molar-refractivity contribution is 5.68. The van der Waals surface area contributed by atoms with Gasteiger partial charge in [0.2, 0.25) is 0 Å². The topological polar surface area (TPSA) is 48.7 Å². The third-order valence-electron chi connectivity index (χ3n) is 5.00. The Kier molecular flexibility index (Phi) is 4.53. The lowest BCUT2D eigenvalue weighted by Crippen LogP contribution is -2.56. The fraction of sp³-hybridized carbons (Fsp3) is 0.667. The molecule has 6 heteroatoms. The van der Waals surface area contributed by atoms with Gasteiger partial charge >= 0.3 is 0 Å². The SMILES string of the molecule is CC(Nc1nccn2nc(C(C)(C)C)cc12)C1CN(C)CCN1C. The number of rotatable bonds is 3. The number of likely N-dealkylation sites (N-methyl/N-ethyl adjacent to an activating group) is 2. The minimum absolute atomic E-state index is 0.0290. The molecule has 1 N–H and O–H groups in total. The van der Waals surface area contributed by atoms with Gasteiger partial charge in [-0.25, -0.2) is 9.50 Å². The molecule has 0 spiro atoms. The van der Waals surface area contributed by atoms with Crippen LogP contribution in [0.3, 0.4) is 0 Å². The first-order chi connectivity index (χ1) is 11.3. The summed E-state index contributed by atoms with van der Waals surface area (Å²) < 4.78 is 1.93. The maximum absolute atomic E-state index is 4.71. The van der Waals surface area contributed by atoms with E-state index in [-0.39, 0.29) is 5.41 Å². The van der Waals surface area contributed by atoms with E-state index in [4.69, 9.17) is 5.10 Å². The number of hydrogen-bond acceptors (Lipinski definition) is 5. The second-order valence-corrected chi connectivity index (χ2v) is 8.13. The van der Waals surface area contributed by atoms with Crippen molar-refractivity contribution in [1.29, 1.82) is 0 Å². The van der Waals surface area contributed by atoms with Crippen LogP contribution in [0.15, 0.2) is 18.5 Å². The summed E-state index contributed by atoms with van der Waals surface area (Å²) in [5, 5.41) is 8.34. The number of hydrogen-bond donors (Lipinski definition) is 1. The van der Waals surface area contributed by atoms with E-state index in [1.807, 2.05) is 16.9 Å². The van der Waals surface area contributed by atoms with Gasteiger partial charge in [-0.3, -0.25) is 4.90 Å². The van der Waals surface area contributed by atoms with E-state index in [1.54, 1.807) is 0 Å². The van der Waals surface area contributed by atoms with Crippen LogP contribution in [0.25, 0.3) is 5.52 Å². The number of anilines is 1. The lowest BCUT2D eigenvalue weighted by molar-refractivity contribution is 0.105. The van der Waals surface area contributed by atoms with E-state index < -0.39 is 0 Å². The molecular formula is C18H30N6. The van der Waals surface area contributed by atoms with Crippen LogP contribution < -0.4 is 5.32 Å². The van der Waals surface area contributed by atoms with E-state index >= 15 is 0 Å². The number of nitrogens with one attached hydrogen (secondary N) is 1. The molecule has 1 fully saturated rings. The Bertz CT molecular complexity index is 701. The summed E-state index contributed by atoms with van der Waals surface area (Å²) in [5.41, 5.74) is 2.16. The molecule has 6 nitrogen and oxygen atoms in total. The lowest BCUT2D eigenvalue weighted by atomic mass is 9.92. The smallest absolute Gasteiger partial charge is 0.152 e. The summed E-state index contributed by atoms with van der Waals surface area (Å²) in [6.07, 6.45) is 3.74. The van der Waals surface area contributed by atoms with E-state index in [2.05, 4.69) is 68.0 Å². The molecule has 3 rings (SSSR count). The minimum Gasteiger partial charge on any atom is -0.364 e. The van der Waals surface area contributed by atoms with Gasteiger partial charge in [0.15, 0.2) is 5.82 Å². The standard InChI is InChI=1S/C18H30N6/c1-13(15-12-22(5)9-10-23(15)6)20-17-14-11-16(18(2,3)4)21-24(14)8-7-19-17/h7-8,11,13,15H,9-10,12H2,1-6H3,(H,19,20). The maximum atomic E-state index is 4.71. The zero-order valence-corrected chi connectivity index (χ0v) is 15.7. The molecule has 1 aliphatic rings. The summed E-state index contributed by atoms with van der Waals surface area (Å²) in [4.78, 5) is 9.41. The predicted octanol–water partition coefficient (Wildman–Crippen LogP) is 2.07. The minimum atomic E-state index is 0.0290. The Morgan fingerprint density at radius 1 is 1.25 bits per heavy atom. The fourth-order valence-corrected chi connectivity index (χ4v) is 3.30. The van der Waals surface area contributed by atoms with Crippen molar-refractivity contribution in [2.75, 3.05) is 39.0 Å². The molecular weight excluding hydrogens is 300 g/mol. The van der Waals surface area contributed by atoms with Crippen LogP contribution in [-0.2, 0) is 5.41 Å². The molecule has 3 heterocycles. The molecule has 2 aromatic heterocycles. The van der Waals surface area contributed by atoms with Crippen molar-refractivity contribution in [3.8, 4) is 0 Å². The summed E-state index contributed by atoms with van der Waals surface area (Å²) in [6, 6.07) is 2.93. The molecule has 132 valence electrons. The van der Waals surface area contributed by atoms with Gasteiger partial charge in [0, 0.05) is 49.5 Å². The molecule has 2 unspecified atom stereocenters. The van der Waals surface area contributed by atoms with Gasteiger partial charge in [-0.05, 0) is 27.1 Å². The Morgan fingerprint density at radius 2 is 2.00 bits per heavy atom. The normalized spacial score (nSPS) is 22.0. The Morgan fingerprint density at radius 3 is 2.71 bits per heavy atom. The van der Waals surface area contributed by atoms with Crippen LogP contribution in [-0.4, -0.2) is 70.2 Å². The van der Waals surface area contributed by atoms with Crippen LogP contribution in [0.5, 0.6) is 0 Å². The van der Waals surface area contributed by atoms with Gasteiger partial charge in [-0.2, -0.15) is 5.10 Å². The second kappa shape index (κ2) is 6.33. The Balaban J connectivity index is 1.85. The van der Waals surface area contributed by atoms with Gasteiger partial charge in [-0.15, -0.1) is 0 Å². The highest BCUT2D eigenvalue weighted by Gasteiger charge is 2.28. The van der Waals surface area contributed by atoms with Gasteiger partial charge in [0.25, 0.3) is 0 Å². The maximum Gasteiger partial charge on any atom is 0.152 e. The Hall–Kier alpha value is -1.66. The monoisotopic (exact) mass is 330 g/mol. The summed E-state index contributed by atoms with van der Waals surface area (Å²) >= 11 is 0. The molecule has 0 saturated carbocycles. The fourth-order valence-electron chi connectivity index (χ4n) is 3.30. The number of piperazine rings is 1. The second-order valence-electron chi connectivity index (χ2n) is 8.13. The largest absolute Gasteiger partial charge is 0.364 e. The molecule has 0 amide bonds. The van der Waals surface area contributed by atoms with Gasteiger partial charge in [-0.1, -0.05) is 20.8 Å². The molecule has 0 radical (unpaired) electrons. The molecule has 2 atom stereocenters. The first-order valence-corrected chi connectivity index (χ1v) is 8.76. The highest BCUT2D eigenvalue weighted by atomic mass is 15.3. The third-order valence-corrected chi connectivity index (χ3v) is 5.00. The van der Waals surface area contributed by atoms with Crippen molar-refractivity contribution in [2.24, 2.45) is 0 Å². The predicted molar refractivity (Wildman–Crippen MR) is 98.7 cm³/mol. The van der Waals surface area contributed by atoms with Crippen molar-refractivity contribution in [2.45, 2.75) is 45.2 Å². The first-order valence-electron chi connectivity index (χ1n) is 8.76. The zero-order valence-electron chi connectivity index (χ0n) is 15.7. The Labute approximate surface area is 144 Å². The summed E-state index contributed by atoms with van der Waals surface area (Å²) in [7, 11) is 4.40. The van der Waals surface area contributed by atoms with Gasteiger partial charge in [0.1, 0.15) is 5.52 Å². The average Bonchev–Trinajstić information content (AvgIpc) is 2.95. The average molecular weight is 330 g/mol. The molecule has 0 aromatic carbocycles. The first kappa shape index (κ1) is 17.2. The quantitative estimate of drug-likeness (QED) is 0.934. The van der Waals surface area contributed by atoms with Crippen LogP contribution in [0.2, 0.25) is 0 Å². The third kappa shape index (κ3) is 3.39. The van der Waals surface area contributed by atoms with Crippen molar-refractivity contribution in [1.82, 2.24) is 24.4 Å². The number of aromatic nitrogens is 3. The van der Waals surface area contributed by atoms with Crippen LogP contribution in [0, 0.1) is 0 Å². The van der Waals surface area contributed by atoms with Gasteiger partial charge in [0.05, 0.1) is 5.69 Å². The molecule has 0 aliphatic carbocycles. The van der Waals surface area contributed by atoms with Crippen molar-refractivity contribution < 1.29 is 0 Å². The van der Waals surface area contributed by atoms with Crippen molar-refractivity contribution >= 4 is 11.3 Å².